The van der Waals surface area contributed by atoms with Crippen LogP contribution in [0.1, 0.15) is 34.3 Å². The maximum atomic E-state index is 12.1. The summed E-state index contributed by atoms with van der Waals surface area (Å²) < 4.78 is 6.37. The number of aryl methyl sites for hydroxylation is 1. The zero-order chi connectivity index (χ0) is 13.1. The summed E-state index contributed by atoms with van der Waals surface area (Å²) in [6.45, 7) is 0.335. The van der Waals surface area contributed by atoms with Crippen LogP contribution >= 0.6 is 15.9 Å². The van der Waals surface area contributed by atoms with Crippen LogP contribution in [0.15, 0.2) is 10.5 Å². The summed E-state index contributed by atoms with van der Waals surface area (Å²) in [6, 6.07) is 2.01. The summed E-state index contributed by atoms with van der Waals surface area (Å²) >= 11 is 3.60. The first-order valence-corrected chi connectivity index (χ1v) is 7.04. The molecule has 3 nitrogen and oxygen atoms in total. The fraction of sp³-hybridized carbons (Fsp3) is 0.500. The molecule has 2 rings (SSSR count). The molecule has 1 aliphatic carbocycles. The molecule has 0 atom stereocenters. The second-order valence-corrected chi connectivity index (χ2v) is 5.36. The number of halogens is 1. The Morgan fingerprint density at radius 2 is 2.17 bits per heavy atom. The van der Waals surface area contributed by atoms with Crippen molar-refractivity contribution >= 4 is 21.7 Å². The van der Waals surface area contributed by atoms with Gasteiger partial charge in [-0.05, 0) is 65.9 Å². The van der Waals surface area contributed by atoms with Crippen molar-refractivity contribution < 1.29 is 9.53 Å². The number of carbonyl (C=O) groups excluding carboxylic acids is 1. The minimum atomic E-state index is 0.0726. The van der Waals surface area contributed by atoms with E-state index in [4.69, 9.17) is 4.74 Å². The highest BCUT2D eigenvalue weighted by molar-refractivity contribution is 9.10. The van der Waals surface area contributed by atoms with Crippen LogP contribution in [0.3, 0.4) is 0 Å². The third-order valence-corrected chi connectivity index (χ3v) is 4.22. The van der Waals surface area contributed by atoms with E-state index in [1.807, 2.05) is 6.07 Å². The predicted molar refractivity (Wildman–Crippen MR) is 75.6 cm³/mol. The van der Waals surface area contributed by atoms with Crippen molar-refractivity contribution in [1.82, 2.24) is 5.32 Å². The smallest absolute Gasteiger partial charge is 0.180 e. The molecule has 1 aromatic rings. The fourth-order valence-electron chi connectivity index (χ4n) is 2.50. The molecular formula is C14H18BrNO2. The molecular weight excluding hydrogens is 294 g/mol. The third kappa shape index (κ3) is 2.45. The molecule has 1 aromatic carbocycles. The number of fused-ring (bicyclic) bond motifs is 1. The van der Waals surface area contributed by atoms with E-state index in [0.29, 0.717) is 17.9 Å². The van der Waals surface area contributed by atoms with Crippen molar-refractivity contribution in [2.45, 2.75) is 25.7 Å². The van der Waals surface area contributed by atoms with Gasteiger partial charge in [0, 0.05) is 0 Å². The molecule has 0 radical (unpaired) electrons. The van der Waals surface area contributed by atoms with Gasteiger partial charge in [-0.15, -0.1) is 0 Å². The van der Waals surface area contributed by atoms with E-state index in [9.17, 15) is 4.79 Å². The molecule has 0 aliphatic heterocycles. The number of rotatable bonds is 4. The zero-order valence-corrected chi connectivity index (χ0v) is 12.4. The number of ketones is 1. The lowest BCUT2D eigenvalue weighted by Gasteiger charge is -2.21. The highest BCUT2D eigenvalue weighted by atomic mass is 79.9. The van der Waals surface area contributed by atoms with Crippen molar-refractivity contribution in [3.63, 3.8) is 0 Å². The quantitative estimate of drug-likeness (QED) is 0.869. The first kappa shape index (κ1) is 13.6. The summed E-state index contributed by atoms with van der Waals surface area (Å²) in [6.07, 6.45) is 4.52. The fourth-order valence-corrected chi connectivity index (χ4v) is 3.32. The van der Waals surface area contributed by atoms with Crippen molar-refractivity contribution in [1.29, 1.82) is 0 Å². The summed E-state index contributed by atoms with van der Waals surface area (Å²) in [7, 11) is 3.39. The average molecular weight is 312 g/mol. The summed E-state index contributed by atoms with van der Waals surface area (Å²) in [4.78, 5) is 12.1. The van der Waals surface area contributed by atoms with E-state index >= 15 is 0 Å². The number of Topliss-reactive ketones (excluding diaryl/α,β-unsaturated/α-hetero) is 1. The Morgan fingerprint density at radius 3 is 2.83 bits per heavy atom. The Bertz CT molecular complexity index is 471. The van der Waals surface area contributed by atoms with Crippen LogP contribution in [-0.4, -0.2) is 26.5 Å². The number of hydrogen-bond acceptors (Lipinski definition) is 3. The largest absolute Gasteiger partial charge is 0.495 e. The highest BCUT2D eigenvalue weighted by Gasteiger charge is 2.22. The Morgan fingerprint density at radius 1 is 1.44 bits per heavy atom. The molecule has 0 spiro atoms. The maximum absolute atomic E-state index is 12.1. The van der Waals surface area contributed by atoms with Crippen LogP contribution in [0.4, 0.5) is 0 Å². The van der Waals surface area contributed by atoms with E-state index in [-0.39, 0.29) is 5.78 Å². The van der Waals surface area contributed by atoms with Gasteiger partial charge >= 0.3 is 0 Å². The van der Waals surface area contributed by atoms with Crippen molar-refractivity contribution in [3.8, 4) is 5.75 Å². The van der Waals surface area contributed by atoms with Crippen LogP contribution in [-0.2, 0) is 12.8 Å². The molecule has 0 saturated carbocycles. The number of ether oxygens (including phenoxy) is 1. The molecule has 0 saturated heterocycles. The van der Waals surface area contributed by atoms with Gasteiger partial charge in [0.2, 0.25) is 0 Å². The van der Waals surface area contributed by atoms with E-state index in [2.05, 4.69) is 21.2 Å². The second kappa shape index (κ2) is 5.85. The van der Waals surface area contributed by atoms with Gasteiger partial charge in [-0.3, -0.25) is 4.79 Å². The summed E-state index contributed by atoms with van der Waals surface area (Å²) in [5, 5.41) is 2.90. The Hall–Kier alpha value is -0.870. The molecule has 18 heavy (non-hydrogen) atoms. The minimum Gasteiger partial charge on any atom is -0.495 e. The molecule has 0 aromatic heterocycles. The molecule has 1 aliphatic rings. The Kier molecular flexibility index (Phi) is 4.40. The van der Waals surface area contributed by atoms with Gasteiger partial charge in [-0.25, -0.2) is 0 Å². The van der Waals surface area contributed by atoms with Gasteiger partial charge in [-0.2, -0.15) is 0 Å². The van der Waals surface area contributed by atoms with Crippen LogP contribution < -0.4 is 10.1 Å². The number of hydrogen-bond donors (Lipinski definition) is 1. The van der Waals surface area contributed by atoms with Crippen LogP contribution in [0, 0.1) is 0 Å². The van der Waals surface area contributed by atoms with Crippen molar-refractivity contribution in [3.05, 3.63) is 27.2 Å². The second-order valence-electron chi connectivity index (χ2n) is 4.57. The van der Waals surface area contributed by atoms with Gasteiger partial charge in [0.1, 0.15) is 5.75 Å². The minimum absolute atomic E-state index is 0.0726. The molecule has 0 amide bonds. The van der Waals surface area contributed by atoms with Crippen LogP contribution in [0.5, 0.6) is 5.75 Å². The molecule has 0 bridgehead atoms. The Labute approximate surface area is 116 Å². The topological polar surface area (TPSA) is 38.3 Å². The zero-order valence-electron chi connectivity index (χ0n) is 10.8. The van der Waals surface area contributed by atoms with Gasteiger partial charge in [0.05, 0.1) is 23.7 Å². The number of methoxy groups -OCH3 is 1. The molecule has 4 heteroatoms. The number of likely N-dealkylation sites (N-methyl/N-ethyl adjacent to an activating group) is 1. The maximum Gasteiger partial charge on any atom is 0.180 e. The lowest BCUT2D eigenvalue weighted by atomic mass is 9.89. The average Bonchev–Trinajstić information content (AvgIpc) is 2.39. The lowest BCUT2D eigenvalue weighted by Crippen LogP contribution is -2.20. The van der Waals surface area contributed by atoms with Crippen LogP contribution in [0.2, 0.25) is 0 Å². The van der Waals surface area contributed by atoms with Crippen molar-refractivity contribution in [2.75, 3.05) is 20.7 Å². The monoisotopic (exact) mass is 311 g/mol. The molecule has 0 unspecified atom stereocenters. The third-order valence-electron chi connectivity index (χ3n) is 3.38. The summed E-state index contributed by atoms with van der Waals surface area (Å²) in [5.41, 5.74) is 3.27. The van der Waals surface area contributed by atoms with Gasteiger partial charge < -0.3 is 10.1 Å². The first-order chi connectivity index (χ1) is 8.69. The van der Waals surface area contributed by atoms with E-state index in [0.717, 1.165) is 17.3 Å². The first-order valence-electron chi connectivity index (χ1n) is 6.25. The summed E-state index contributed by atoms with van der Waals surface area (Å²) in [5.74, 6) is 0.749. The molecule has 0 heterocycles. The van der Waals surface area contributed by atoms with E-state index < -0.39 is 0 Å². The highest BCUT2D eigenvalue weighted by Crippen LogP contribution is 2.38. The normalized spacial score (nSPS) is 14.2. The Balaban J connectivity index is 2.52. The van der Waals surface area contributed by atoms with Gasteiger partial charge in [0.15, 0.2) is 5.78 Å². The molecule has 98 valence electrons. The number of nitrogens with one attached hydrogen (secondary N) is 1. The lowest BCUT2D eigenvalue weighted by molar-refractivity contribution is 0.0990. The van der Waals surface area contributed by atoms with E-state index in [1.165, 1.54) is 24.0 Å². The van der Waals surface area contributed by atoms with Gasteiger partial charge in [0.25, 0.3) is 0 Å². The SMILES string of the molecule is CNCC(=O)c1cc2c(c(Br)c1OC)CCCC2. The number of benzene rings is 1. The van der Waals surface area contributed by atoms with Gasteiger partial charge in [-0.1, -0.05) is 0 Å². The number of carbonyl (C=O) groups is 1. The molecule has 0 fully saturated rings. The standard InChI is InChI=1S/C14H18BrNO2/c1-16-8-12(17)11-7-9-5-3-4-6-10(9)13(15)14(11)18-2/h7,16H,3-6,8H2,1-2H3. The van der Waals surface area contributed by atoms with E-state index in [1.54, 1.807) is 14.2 Å². The van der Waals surface area contributed by atoms with Crippen molar-refractivity contribution in [2.24, 2.45) is 0 Å². The van der Waals surface area contributed by atoms with Crippen LogP contribution in [0.25, 0.3) is 0 Å². The predicted octanol–water partition coefficient (Wildman–Crippen LogP) is 2.74. The molecule has 1 N–H and O–H groups in total.